The van der Waals surface area contributed by atoms with Crippen molar-refractivity contribution < 1.29 is 14.3 Å². The first kappa shape index (κ1) is 21.0. The zero-order chi connectivity index (χ0) is 19.9. The molecule has 0 saturated heterocycles. The number of methoxy groups -OCH3 is 2. The molecule has 3 rings (SSSR count). The number of ether oxygens (including phenoxy) is 2. The molecule has 0 atom stereocenters. The standard InChI is InChI=1S/C18H23ClN4O3S2/c1-25-14-9-15(26-2)13(8-12(14)19)21-16(24)10-27-18-23-22-17(28-18)20-11-6-4-3-5-7-11/h8-9,11H,3-7,10H2,1-2H3,(H,20,22)(H,21,24). The molecular weight excluding hydrogens is 420 g/mol. The van der Waals surface area contributed by atoms with Crippen molar-refractivity contribution in [3.63, 3.8) is 0 Å². The normalized spacial score (nSPS) is 14.5. The van der Waals surface area contributed by atoms with Crippen LogP contribution in [-0.4, -0.2) is 42.1 Å². The van der Waals surface area contributed by atoms with Crippen LogP contribution in [-0.2, 0) is 4.79 Å². The summed E-state index contributed by atoms with van der Waals surface area (Å²) in [5, 5.41) is 15.8. The first-order chi connectivity index (χ1) is 13.6. The van der Waals surface area contributed by atoms with E-state index in [1.807, 2.05) is 0 Å². The van der Waals surface area contributed by atoms with Gasteiger partial charge in [0.1, 0.15) is 11.5 Å². The van der Waals surface area contributed by atoms with Crippen molar-refractivity contribution in [3.8, 4) is 11.5 Å². The van der Waals surface area contributed by atoms with Gasteiger partial charge in [0.05, 0.1) is 30.7 Å². The summed E-state index contributed by atoms with van der Waals surface area (Å²) in [6.45, 7) is 0. The van der Waals surface area contributed by atoms with Crippen molar-refractivity contribution in [1.82, 2.24) is 10.2 Å². The molecule has 1 aromatic heterocycles. The number of amides is 1. The van der Waals surface area contributed by atoms with Gasteiger partial charge in [0.2, 0.25) is 11.0 Å². The third-order valence-corrected chi connectivity index (χ3v) is 6.70. The van der Waals surface area contributed by atoms with Gasteiger partial charge in [-0.1, -0.05) is 54.0 Å². The first-order valence-corrected chi connectivity index (χ1v) is 11.2. The lowest BCUT2D eigenvalue weighted by Gasteiger charge is -2.21. The Bertz CT molecular complexity index is 812. The third-order valence-electron chi connectivity index (χ3n) is 4.41. The molecule has 1 heterocycles. The molecule has 1 amide bonds. The van der Waals surface area contributed by atoms with Crippen LogP contribution in [0.5, 0.6) is 11.5 Å². The molecule has 28 heavy (non-hydrogen) atoms. The molecule has 2 aromatic rings. The number of anilines is 2. The fraction of sp³-hybridized carbons (Fsp3) is 0.500. The number of benzene rings is 1. The summed E-state index contributed by atoms with van der Waals surface area (Å²) in [5.74, 6) is 0.999. The highest BCUT2D eigenvalue weighted by Gasteiger charge is 2.16. The lowest BCUT2D eigenvalue weighted by Crippen LogP contribution is -2.21. The Balaban J connectivity index is 1.52. The van der Waals surface area contributed by atoms with E-state index in [2.05, 4.69) is 20.8 Å². The molecule has 2 N–H and O–H groups in total. The number of carbonyl (C=O) groups excluding carboxylic acids is 1. The average molecular weight is 443 g/mol. The summed E-state index contributed by atoms with van der Waals surface area (Å²) in [6.07, 6.45) is 6.19. The van der Waals surface area contributed by atoms with Gasteiger partial charge < -0.3 is 20.1 Å². The third kappa shape index (κ3) is 5.65. The number of hydrogen-bond donors (Lipinski definition) is 2. The smallest absolute Gasteiger partial charge is 0.234 e. The van der Waals surface area contributed by atoms with Crippen molar-refractivity contribution in [3.05, 3.63) is 17.2 Å². The Labute approximate surface area is 177 Å². The van der Waals surface area contributed by atoms with Gasteiger partial charge in [-0.2, -0.15) is 0 Å². The number of aromatic nitrogens is 2. The Kier molecular flexibility index (Phi) is 7.64. The molecule has 1 saturated carbocycles. The van der Waals surface area contributed by atoms with Gasteiger partial charge in [0.25, 0.3) is 0 Å². The van der Waals surface area contributed by atoms with Crippen LogP contribution in [0.2, 0.25) is 5.02 Å². The molecule has 152 valence electrons. The molecule has 1 fully saturated rings. The van der Waals surface area contributed by atoms with E-state index >= 15 is 0 Å². The Morgan fingerprint density at radius 3 is 2.68 bits per heavy atom. The number of thioether (sulfide) groups is 1. The van der Waals surface area contributed by atoms with Crippen LogP contribution in [0.3, 0.4) is 0 Å². The summed E-state index contributed by atoms with van der Waals surface area (Å²) < 4.78 is 11.2. The molecule has 0 radical (unpaired) electrons. The number of nitrogens with zero attached hydrogens (tertiary/aromatic N) is 2. The van der Waals surface area contributed by atoms with Gasteiger partial charge in [0, 0.05) is 12.1 Å². The van der Waals surface area contributed by atoms with Crippen molar-refractivity contribution in [2.45, 2.75) is 42.5 Å². The SMILES string of the molecule is COc1cc(OC)c(NC(=O)CSc2nnc(NC3CCCCC3)s2)cc1Cl. The van der Waals surface area contributed by atoms with E-state index in [1.54, 1.807) is 12.1 Å². The zero-order valence-corrected chi connectivity index (χ0v) is 18.2. The van der Waals surface area contributed by atoms with E-state index in [0.29, 0.717) is 28.3 Å². The zero-order valence-electron chi connectivity index (χ0n) is 15.8. The number of nitrogens with one attached hydrogen (secondary N) is 2. The minimum Gasteiger partial charge on any atom is -0.495 e. The van der Waals surface area contributed by atoms with E-state index in [9.17, 15) is 4.79 Å². The van der Waals surface area contributed by atoms with Crippen molar-refractivity contribution in [1.29, 1.82) is 0 Å². The minimum absolute atomic E-state index is 0.179. The Morgan fingerprint density at radius 1 is 1.21 bits per heavy atom. The van der Waals surface area contributed by atoms with Crippen LogP contribution in [0.25, 0.3) is 0 Å². The van der Waals surface area contributed by atoms with Crippen LogP contribution in [0.15, 0.2) is 16.5 Å². The number of halogens is 1. The maximum Gasteiger partial charge on any atom is 0.234 e. The number of carbonyl (C=O) groups is 1. The van der Waals surface area contributed by atoms with Crippen LogP contribution in [0, 0.1) is 0 Å². The van der Waals surface area contributed by atoms with E-state index < -0.39 is 0 Å². The molecule has 0 unspecified atom stereocenters. The first-order valence-electron chi connectivity index (χ1n) is 9.03. The minimum atomic E-state index is -0.179. The summed E-state index contributed by atoms with van der Waals surface area (Å²) in [5.41, 5.74) is 0.496. The molecule has 10 heteroatoms. The van der Waals surface area contributed by atoms with Crippen LogP contribution in [0.4, 0.5) is 10.8 Å². The fourth-order valence-corrected chi connectivity index (χ4v) is 4.89. The molecule has 0 spiro atoms. The lowest BCUT2D eigenvalue weighted by molar-refractivity contribution is -0.113. The summed E-state index contributed by atoms with van der Waals surface area (Å²) in [6, 6.07) is 3.73. The molecular formula is C18H23ClN4O3S2. The van der Waals surface area contributed by atoms with Gasteiger partial charge in [-0.25, -0.2) is 0 Å². The maximum absolute atomic E-state index is 12.3. The van der Waals surface area contributed by atoms with Gasteiger partial charge in [-0.3, -0.25) is 4.79 Å². The fourth-order valence-electron chi connectivity index (χ4n) is 3.02. The predicted octanol–water partition coefficient (Wildman–Crippen LogP) is 4.68. The Morgan fingerprint density at radius 2 is 1.96 bits per heavy atom. The quantitative estimate of drug-likeness (QED) is 0.574. The largest absolute Gasteiger partial charge is 0.495 e. The summed E-state index contributed by atoms with van der Waals surface area (Å²) in [4.78, 5) is 12.3. The predicted molar refractivity (Wildman–Crippen MR) is 114 cm³/mol. The van der Waals surface area contributed by atoms with E-state index in [1.165, 1.54) is 69.4 Å². The average Bonchev–Trinajstić information content (AvgIpc) is 3.15. The van der Waals surface area contributed by atoms with Gasteiger partial charge in [-0.15, -0.1) is 10.2 Å². The highest BCUT2D eigenvalue weighted by molar-refractivity contribution is 8.01. The number of hydrogen-bond acceptors (Lipinski definition) is 8. The van der Waals surface area contributed by atoms with Crippen LogP contribution >= 0.6 is 34.7 Å². The van der Waals surface area contributed by atoms with Gasteiger partial charge >= 0.3 is 0 Å². The van der Waals surface area contributed by atoms with Crippen molar-refractivity contribution in [2.75, 3.05) is 30.6 Å². The van der Waals surface area contributed by atoms with E-state index in [4.69, 9.17) is 21.1 Å². The molecule has 7 nitrogen and oxygen atoms in total. The monoisotopic (exact) mass is 442 g/mol. The topological polar surface area (TPSA) is 85.4 Å². The maximum atomic E-state index is 12.3. The van der Waals surface area contributed by atoms with Crippen LogP contribution < -0.4 is 20.1 Å². The van der Waals surface area contributed by atoms with E-state index in [-0.39, 0.29) is 11.7 Å². The van der Waals surface area contributed by atoms with Gasteiger partial charge in [-0.05, 0) is 18.9 Å². The Hall–Kier alpha value is -1.71. The lowest BCUT2D eigenvalue weighted by atomic mass is 9.96. The van der Waals surface area contributed by atoms with Crippen molar-refractivity contribution >= 4 is 51.4 Å². The van der Waals surface area contributed by atoms with Crippen molar-refractivity contribution in [2.24, 2.45) is 0 Å². The summed E-state index contributed by atoms with van der Waals surface area (Å²) >= 11 is 8.96. The second-order valence-electron chi connectivity index (χ2n) is 6.38. The second kappa shape index (κ2) is 10.2. The molecule has 0 aliphatic heterocycles. The molecule has 1 aliphatic carbocycles. The highest BCUT2D eigenvalue weighted by Crippen LogP contribution is 2.36. The van der Waals surface area contributed by atoms with Crippen LogP contribution in [0.1, 0.15) is 32.1 Å². The second-order valence-corrected chi connectivity index (χ2v) is 8.98. The highest BCUT2D eigenvalue weighted by atomic mass is 35.5. The summed E-state index contributed by atoms with van der Waals surface area (Å²) in [7, 11) is 3.05. The van der Waals surface area contributed by atoms with E-state index in [0.717, 1.165) is 9.47 Å². The van der Waals surface area contributed by atoms with Gasteiger partial charge in [0.15, 0.2) is 4.34 Å². The molecule has 1 aliphatic rings. The number of rotatable bonds is 8. The molecule has 0 bridgehead atoms. The molecule has 1 aromatic carbocycles.